The lowest BCUT2D eigenvalue weighted by Gasteiger charge is -2.14. The van der Waals surface area contributed by atoms with Gasteiger partial charge in [0.1, 0.15) is 5.82 Å². The van der Waals surface area contributed by atoms with E-state index in [-0.39, 0.29) is 0 Å². The highest BCUT2D eigenvalue weighted by Crippen LogP contribution is 2.27. The minimum atomic E-state index is 0.373. The number of ether oxygens (including phenoxy) is 2. The molecule has 2 N–H and O–H groups in total. The van der Waals surface area contributed by atoms with Crippen LogP contribution in [0.2, 0.25) is 0 Å². The number of aryl methyl sites for hydroxylation is 1. The Morgan fingerprint density at radius 1 is 1.08 bits per heavy atom. The molecule has 0 amide bonds. The quantitative estimate of drug-likeness (QED) is 0.770. The van der Waals surface area contributed by atoms with Gasteiger partial charge in [0.2, 0.25) is 5.95 Å². The highest BCUT2D eigenvalue weighted by Gasteiger charge is 2.07. The van der Waals surface area contributed by atoms with Gasteiger partial charge in [-0.1, -0.05) is 13.0 Å². The molecule has 0 saturated heterocycles. The molecule has 1 unspecified atom stereocenters. The van der Waals surface area contributed by atoms with Gasteiger partial charge in [0.05, 0.1) is 14.2 Å². The normalized spacial score (nSPS) is 11.7. The summed E-state index contributed by atoms with van der Waals surface area (Å²) >= 11 is 0. The Morgan fingerprint density at radius 2 is 1.83 bits per heavy atom. The van der Waals surface area contributed by atoms with Crippen LogP contribution < -0.4 is 20.1 Å². The molecule has 0 radical (unpaired) electrons. The first-order chi connectivity index (χ1) is 11.5. The van der Waals surface area contributed by atoms with E-state index >= 15 is 0 Å². The van der Waals surface area contributed by atoms with E-state index in [0.29, 0.717) is 30.0 Å². The first-order valence-electron chi connectivity index (χ1n) is 8.12. The molecule has 1 aromatic carbocycles. The van der Waals surface area contributed by atoms with E-state index in [2.05, 4.69) is 34.4 Å². The molecule has 0 spiro atoms. The van der Waals surface area contributed by atoms with Crippen LogP contribution in [0.25, 0.3) is 0 Å². The number of methoxy groups -OCH3 is 2. The molecule has 0 saturated carbocycles. The van der Waals surface area contributed by atoms with Gasteiger partial charge in [-0.3, -0.25) is 0 Å². The largest absolute Gasteiger partial charge is 0.493 e. The summed E-state index contributed by atoms with van der Waals surface area (Å²) in [6, 6.07) is 8.15. The van der Waals surface area contributed by atoms with Crippen LogP contribution in [0.5, 0.6) is 11.5 Å². The Balaban J connectivity index is 2.08. The second kappa shape index (κ2) is 8.38. The average molecular weight is 330 g/mol. The summed E-state index contributed by atoms with van der Waals surface area (Å²) in [5, 5.41) is 6.64. The van der Waals surface area contributed by atoms with E-state index in [9.17, 15) is 0 Å². The van der Waals surface area contributed by atoms with Crippen LogP contribution in [0.3, 0.4) is 0 Å². The average Bonchev–Trinajstić information content (AvgIpc) is 2.59. The molecule has 6 heteroatoms. The van der Waals surface area contributed by atoms with Crippen molar-refractivity contribution in [3.05, 3.63) is 35.5 Å². The molecule has 2 aromatic rings. The lowest BCUT2D eigenvalue weighted by Crippen LogP contribution is -2.16. The topological polar surface area (TPSA) is 68.3 Å². The van der Waals surface area contributed by atoms with Crippen molar-refractivity contribution in [2.75, 3.05) is 24.9 Å². The maximum absolute atomic E-state index is 5.33. The van der Waals surface area contributed by atoms with Gasteiger partial charge in [0, 0.05) is 24.3 Å². The molecule has 1 atom stereocenters. The Bertz CT molecular complexity index is 676. The summed E-state index contributed by atoms with van der Waals surface area (Å²) in [4.78, 5) is 8.96. The second-order valence-electron chi connectivity index (χ2n) is 5.71. The fourth-order valence-electron chi connectivity index (χ4n) is 2.25. The Hall–Kier alpha value is -2.50. The highest BCUT2D eigenvalue weighted by atomic mass is 16.5. The molecule has 0 aliphatic heterocycles. The lowest BCUT2D eigenvalue weighted by molar-refractivity contribution is 0.354. The summed E-state index contributed by atoms with van der Waals surface area (Å²) in [5.74, 6) is 2.87. The van der Waals surface area contributed by atoms with Crippen molar-refractivity contribution in [1.82, 2.24) is 9.97 Å². The third kappa shape index (κ3) is 4.75. The van der Waals surface area contributed by atoms with Crippen molar-refractivity contribution in [3.8, 4) is 11.5 Å². The molecular formula is C18H26N4O2. The van der Waals surface area contributed by atoms with Crippen LogP contribution in [0.4, 0.5) is 11.8 Å². The maximum Gasteiger partial charge on any atom is 0.225 e. The summed E-state index contributed by atoms with van der Waals surface area (Å²) < 4.78 is 10.6. The molecule has 0 aliphatic rings. The standard InChI is InChI=1S/C18H26N4O2/c1-6-12(2)20-17-9-13(3)21-18(22-17)19-11-14-7-8-15(23-4)16(10-14)24-5/h7-10,12H,6,11H2,1-5H3,(H2,19,20,21,22). The SMILES string of the molecule is CCC(C)Nc1cc(C)nc(NCc2ccc(OC)c(OC)c2)n1. The molecule has 1 heterocycles. The van der Waals surface area contributed by atoms with Crippen LogP contribution in [-0.2, 0) is 6.54 Å². The number of hydrogen-bond acceptors (Lipinski definition) is 6. The van der Waals surface area contributed by atoms with Crippen LogP contribution in [0.15, 0.2) is 24.3 Å². The van der Waals surface area contributed by atoms with Gasteiger partial charge >= 0.3 is 0 Å². The van der Waals surface area contributed by atoms with Gasteiger partial charge in [0.15, 0.2) is 11.5 Å². The zero-order chi connectivity index (χ0) is 17.5. The summed E-state index contributed by atoms with van der Waals surface area (Å²) in [6.45, 7) is 6.84. The van der Waals surface area contributed by atoms with E-state index < -0.39 is 0 Å². The number of nitrogens with one attached hydrogen (secondary N) is 2. The number of nitrogens with zero attached hydrogens (tertiary/aromatic N) is 2. The first kappa shape index (κ1) is 17.8. The van der Waals surface area contributed by atoms with Gasteiger partial charge in [-0.15, -0.1) is 0 Å². The molecule has 6 nitrogen and oxygen atoms in total. The fraction of sp³-hybridized carbons (Fsp3) is 0.444. The summed E-state index contributed by atoms with van der Waals surface area (Å²) in [6.07, 6.45) is 1.04. The van der Waals surface area contributed by atoms with Crippen molar-refractivity contribution in [2.24, 2.45) is 0 Å². The van der Waals surface area contributed by atoms with Crippen molar-refractivity contribution in [2.45, 2.75) is 39.8 Å². The zero-order valence-electron chi connectivity index (χ0n) is 15.0. The monoisotopic (exact) mass is 330 g/mol. The van der Waals surface area contributed by atoms with Gasteiger partial charge in [-0.05, 0) is 38.0 Å². The van der Waals surface area contributed by atoms with Crippen LogP contribution in [0, 0.1) is 6.92 Å². The van der Waals surface area contributed by atoms with Gasteiger partial charge < -0.3 is 20.1 Å². The van der Waals surface area contributed by atoms with Crippen molar-refractivity contribution >= 4 is 11.8 Å². The van der Waals surface area contributed by atoms with Crippen LogP contribution in [-0.4, -0.2) is 30.2 Å². The molecule has 0 bridgehead atoms. The molecule has 24 heavy (non-hydrogen) atoms. The fourth-order valence-corrected chi connectivity index (χ4v) is 2.25. The van der Waals surface area contributed by atoms with E-state index in [4.69, 9.17) is 9.47 Å². The Kier molecular flexibility index (Phi) is 6.23. The zero-order valence-corrected chi connectivity index (χ0v) is 15.0. The molecule has 0 fully saturated rings. The van der Waals surface area contributed by atoms with Gasteiger partial charge in [-0.2, -0.15) is 4.98 Å². The Labute approximate surface area is 143 Å². The highest BCUT2D eigenvalue weighted by molar-refractivity contribution is 5.45. The molecule has 0 aliphatic carbocycles. The number of anilines is 2. The van der Waals surface area contributed by atoms with E-state index in [1.165, 1.54) is 0 Å². The number of rotatable bonds is 8. The first-order valence-corrected chi connectivity index (χ1v) is 8.12. The van der Waals surface area contributed by atoms with Gasteiger partial charge in [-0.25, -0.2) is 4.98 Å². The van der Waals surface area contributed by atoms with Crippen LogP contribution in [0.1, 0.15) is 31.5 Å². The minimum absolute atomic E-state index is 0.373. The molecule has 130 valence electrons. The predicted octanol–water partition coefficient (Wildman–Crippen LogP) is 3.62. The minimum Gasteiger partial charge on any atom is -0.493 e. The third-order valence-corrected chi connectivity index (χ3v) is 3.76. The maximum atomic E-state index is 5.33. The van der Waals surface area contributed by atoms with E-state index in [0.717, 1.165) is 23.5 Å². The molecular weight excluding hydrogens is 304 g/mol. The van der Waals surface area contributed by atoms with Crippen molar-refractivity contribution in [3.63, 3.8) is 0 Å². The van der Waals surface area contributed by atoms with Gasteiger partial charge in [0.25, 0.3) is 0 Å². The second-order valence-corrected chi connectivity index (χ2v) is 5.71. The summed E-state index contributed by atoms with van der Waals surface area (Å²) in [7, 11) is 3.26. The molecule has 1 aromatic heterocycles. The van der Waals surface area contributed by atoms with Crippen molar-refractivity contribution < 1.29 is 9.47 Å². The number of benzene rings is 1. The number of aromatic nitrogens is 2. The predicted molar refractivity (Wildman–Crippen MR) is 97.0 cm³/mol. The lowest BCUT2D eigenvalue weighted by atomic mass is 10.2. The van der Waals surface area contributed by atoms with E-state index in [1.807, 2.05) is 31.2 Å². The summed E-state index contributed by atoms with van der Waals surface area (Å²) in [5.41, 5.74) is 1.99. The van der Waals surface area contributed by atoms with E-state index in [1.54, 1.807) is 14.2 Å². The Morgan fingerprint density at radius 3 is 2.50 bits per heavy atom. The molecule has 2 rings (SSSR count). The number of hydrogen-bond donors (Lipinski definition) is 2. The van der Waals surface area contributed by atoms with Crippen molar-refractivity contribution in [1.29, 1.82) is 0 Å². The van der Waals surface area contributed by atoms with Crippen LogP contribution >= 0.6 is 0 Å². The smallest absolute Gasteiger partial charge is 0.225 e. The third-order valence-electron chi connectivity index (χ3n) is 3.76.